The SMILES string of the molecule is C/C=C(\C)C(C)=O.CCC(C)=O.COC(OC)N(C)C. The van der Waals surface area contributed by atoms with E-state index in [0.717, 1.165) is 5.57 Å². The van der Waals surface area contributed by atoms with Crippen molar-refractivity contribution in [1.29, 1.82) is 0 Å². The van der Waals surface area contributed by atoms with Crippen LogP contribution in [-0.2, 0) is 19.1 Å². The fourth-order valence-electron chi connectivity index (χ4n) is 0.721. The van der Waals surface area contributed by atoms with Crippen LogP contribution in [0.3, 0.4) is 0 Å². The van der Waals surface area contributed by atoms with Gasteiger partial charge in [0.15, 0.2) is 5.78 Å². The Balaban J connectivity index is -0.000000223. The van der Waals surface area contributed by atoms with Gasteiger partial charge in [0.25, 0.3) is 0 Å². The van der Waals surface area contributed by atoms with Crippen LogP contribution in [0.4, 0.5) is 0 Å². The monoisotopic (exact) mass is 289 g/mol. The van der Waals surface area contributed by atoms with Crippen LogP contribution in [0, 0.1) is 0 Å². The third-order valence-electron chi connectivity index (χ3n) is 2.31. The summed E-state index contributed by atoms with van der Waals surface area (Å²) in [5, 5.41) is 0. The molecule has 0 spiro atoms. The summed E-state index contributed by atoms with van der Waals surface area (Å²) in [4.78, 5) is 22.0. The van der Waals surface area contributed by atoms with E-state index in [1.54, 1.807) is 28.1 Å². The van der Waals surface area contributed by atoms with Crippen LogP contribution < -0.4 is 0 Å². The van der Waals surface area contributed by atoms with Gasteiger partial charge in [-0.1, -0.05) is 13.0 Å². The van der Waals surface area contributed by atoms with Crippen molar-refractivity contribution < 1.29 is 19.1 Å². The third kappa shape index (κ3) is 19.3. The van der Waals surface area contributed by atoms with Gasteiger partial charge in [-0.2, -0.15) is 0 Å². The number of carbonyl (C=O) groups excluding carboxylic acids is 2. The zero-order chi connectivity index (χ0) is 16.7. The first kappa shape index (κ1) is 24.0. The molecule has 0 aliphatic carbocycles. The second-order valence-corrected chi connectivity index (χ2v) is 4.33. The van der Waals surface area contributed by atoms with Crippen molar-refractivity contribution in [2.45, 2.75) is 47.5 Å². The van der Waals surface area contributed by atoms with Crippen LogP contribution in [0.15, 0.2) is 11.6 Å². The number of Topliss-reactive ketones (excluding diaryl/α,β-unsaturated/α-hetero) is 2. The average molecular weight is 289 g/mol. The molecule has 0 fully saturated rings. The van der Waals surface area contributed by atoms with E-state index >= 15 is 0 Å². The minimum atomic E-state index is -0.213. The second kappa shape index (κ2) is 16.0. The lowest BCUT2D eigenvalue weighted by molar-refractivity contribution is -0.179. The van der Waals surface area contributed by atoms with E-state index in [2.05, 4.69) is 0 Å². The lowest BCUT2D eigenvalue weighted by Crippen LogP contribution is -2.30. The molecule has 20 heavy (non-hydrogen) atoms. The molecule has 0 unspecified atom stereocenters. The van der Waals surface area contributed by atoms with Gasteiger partial charge in [0.05, 0.1) is 0 Å². The molecule has 0 aliphatic rings. The maximum absolute atomic E-state index is 10.3. The Morgan fingerprint density at radius 3 is 1.45 bits per heavy atom. The van der Waals surface area contributed by atoms with E-state index in [1.165, 1.54) is 0 Å². The van der Waals surface area contributed by atoms with Gasteiger partial charge in [-0.3, -0.25) is 9.69 Å². The van der Waals surface area contributed by atoms with Crippen LogP contribution in [0.5, 0.6) is 0 Å². The van der Waals surface area contributed by atoms with E-state index in [1.807, 2.05) is 45.8 Å². The van der Waals surface area contributed by atoms with Gasteiger partial charge in [-0.15, -0.1) is 0 Å². The molecule has 0 atom stereocenters. The largest absolute Gasteiger partial charge is 0.343 e. The Morgan fingerprint density at radius 2 is 1.45 bits per heavy atom. The van der Waals surface area contributed by atoms with Crippen molar-refractivity contribution >= 4 is 11.6 Å². The van der Waals surface area contributed by atoms with Gasteiger partial charge in [-0.25, -0.2) is 0 Å². The molecule has 0 heterocycles. The van der Waals surface area contributed by atoms with E-state index in [-0.39, 0.29) is 18.0 Å². The number of ketones is 2. The fourth-order valence-corrected chi connectivity index (χ4v) is 0.721. The summed E-state index contributed by atoms with van der Waals surface area (Å²) in [6, 6.07) is 0. The Kier molecular flexibility index (Phi) is 19.2. The van der Waals surface area contributed by atoms with Gasteiger partial charge >= 0.3 is 0 Å². The highest BCUT2D eigenvalue weighted by atomic mass is 16.7. The Hall–Kier alpha value is -1.04. The smallest absolute Gasteiger partial charge is 0.217 e. The molecule has 0 radical (unpaired) electrons. The van der Waals surface area contributed by atoms with Crippen LogP contribution >= 0.6 is 0 Å². The molecule has 0 rings (SSSR count). The minimum Gasteiger partial charge on any atom is -0.343 e. The average Bonchev–Trinajstić information content (AvgIpc) is 2.39. The molecule has 5 heteroatoms. The first-order valence-corrected chi connectivity index (χ1v) is 6.53. The summed E-state index contributed by atoms with van der Waals surface area (Å²) in [5.41, 5.74) is 0.833. The van der Waals surface area contributed by atoms with Crippen molar-refractivity contribution in [2.75, 3.05) is 28.3 Å². The molecule has 0 N–H and O–H groups in total. The summed E-state index contributed by atoms with van der Waals surface area (Å²) in [7, 11) is 6.98. The molecule has 0 aliphatic heterocycles. The Bertz CT molecular complexity index is 282. The van der Waals surface area contributed by atoms with Crippen LogP contribution in [-0.4, -0.2) is 51.2 Å². The summed E-state index contributed by atoms with van der Waals surface area (Å²) in [5.74, 6) is 0.410. The van der Waals surface area contributed by atoms with E-state index in [4.69, 9.17) is 9.47 Å². The van der Waals surface area contributed by atoms with Crippen LogP contribution in [0.25, 0.3) is 0 Å². The van der Waals surface area contributed by atoms with Gasteiger partial charge < -0.3 is 14.3 Å². The first-order chi connectivity index (χ1) is 9.17. The maximum Gasteiger partial charge on any atom is 0.217 e. The number of nitrogens with zero attached hydrogens (tertiary/aromatic N) is 1. The lowest BCUT2D eigenvalue weighted by atomic mass is 10.2. The molecule has 0 aromatic rings. The summed E-state index contributed by atoms with van der Waals surface area (Å²) >= 11 is 0. The third-order valence-corrected chi connectivity index (χ3v) is 2.31. The number of rotatable bonds is 5. The second-order valence-electron chi connectivity index (χ2n) is 4.33. The Labute approximate surface area is 123 Å². The highest BCUT2D eigenvalue weighted by Crippen LogP contribution is 1.91. The van der Waals surface area contributed by atoms with Crippen LogP contribution in [0.1, 0.15) is 41.0 Å². The number of methoxy groups -OCH3 is 2. The predicted octanol–water partition coefficient (Wildman–Crippen LogP) is 2.65. The summed E-state index contributed by atoms with van der Waals surface area (Å²) in [6.45, 7) is 8.66. The predicted molar refractivity (Wildman–Crippen MR) is 82.6 cm³/mol. The molecule has 120 valence electrons. The van der Waals surface area contributed by atoms with Crippen molar-refractivity contribution in [3.63, 3.8) is 0 Å². The quantitative estimate of drug-likeness (QED) is 0.575. The summed E-state index contributed by atoms with van der Waals surface area (Å²) in [6.07, 6.45) is 2.26. The molecule has 0 saturated carbocycles. The van der Waals surface area contributed by atoms with Gasteiger partial charge in [0, 0.05) is 20.6 Å². The van der Waals surface area contributed by atoms with Crippen molar-refractivity contribution in [3.8, 4) is 0 Å². The topological polar surface area (TPSA) is 55.8 Å². The number of carbonyl (C=O) groups is 2. The molecular formula is C15H31NO4. The minimum absolute atomic E-state index is 0.155. The summed E-state index contributed by atoms with van der Waals surface area (Å²) < 4.78 is 9.73. The zero-order valence-corrected chi connectivity index (χ0v) is 14.4. The number of ether oxygens (including phenoxy) is 2. The molecule has 0 bridgehead atoms. The maximum atomic E-state index is 10.3. The molecule has 0 saturated heterocycles. The van der Waals surface area contributed by atoms with E-state index < -0.39 is 0 Å². The number of hydrogen-bond donors (Lipinski definition) is 0. The normalized spacial score (nSPS) is 10.4. The van der Waals surface area contributed by atoms with Gasteiger partial charge in [0.1, 0.15) is 5.78 Å². The standard InChI is InChI=1S/C6H10O.C5H13NO2.C4H8O/c1-4-5(2)6(3)7;1-6(2)5(7-3)8-4;1-3-4(2)5/h4H,1-3H3;5H,1-4H3;3H2,1-2H3/b5-4+;;. The molecule has 5 nitrogen and oxygen atoms in total. The molecule has 0 aromatic heterocycles. The first-order valence-electron chi connectivity index (χ1n) is 6.53. The van der Waals surface area contributed by atoms with Gasteiger partial charge in [-0.05, 0) is 47.4 Å². The van der Waals surface area contributed by atoms with Gasteiger partial charge in [0.2, 0.25) is 6.41 Å². The molecule has 0 aromatic carbocycles. The number of allylic oxidation sites excluding steroid dienone is 2. The number of hydrogen-bond acceptors (Lipinski definition) is 5. The van der Waals surface area contributed by atoms with E-state index in [9.17, 15) is 9.59 Å². The lowest BCUT2D eigenvalue weighted by Gasteiger charge is -2.19. The van der Waals surface area contributed by atoms with Crippen LogP contribution in [0.2, 0.25) is 0 Å². The highest BCUT2D eigenvalue weighted by Gasteiger charge is 2.04. The van der Waals surface area contributed by atoms with Crippen molar-refractivity contribution in [2.24, 2.45) is 0 Å². The van der Waals surface area contributed by atoms with E-state index in [0.29, 0.717) is 6.42 Å². The fraction of sp³-hybridized carbons (Fsp3) is 0.733. The molecular weight excluding hydrogens is 258 g/mol. The highest BCUT2D eigenvalue weighted by molar-refractivity contribution is 5.92. The zero-order valence-electron chi connectivity index (χ0n) is 14.4. The van der Waals surface area contributed by atoms with Crippen molar-refractivity contribution in [1.82, 2.24) is 4.90 Å². The molecule has 0 amide bonds. The van der Waals surface area contributed by atoms with Crippen molar-refractivity contribution in [3.05, 3.63) is 11.6 Å². The Morgan fingerprint density at radius 1 is 1.10 bits per heavy atom.